The van der Waals surface area contributed by atoms with Crippen molar-refractivity contribution in [2.45, 2.75) is 13.8 Å². The molecule has 0 aliphatic heterocycles. The fourth-order valence-corrected chi connectivity index (χ4v) is 1.50. The van der Waals surface area contributed by atoms with Gasteiger partial charge in [-0.05, 0) is 26.0 Å². The Morgan fingerprint density at radius 1 is 1.38 bits per heavy atom. The van der Waals surface area contributed by atoms with Crippen LogP contribution in [0.25, 0.3) is 11.5 Å². The average molecular weight is 217 g/mol. The fraction of sp³-hybridized carbons (Fsp3) is 0.167. The molecule has 0 saturated heterocycles. The lowest BCUT2D eigenvalue weighted by Crippen LogP contribution is -1.95. The molecule has 4 heteroatoms. The van der Waals surface area contributed by atoms with Crippen molar-refractivity contribution in [3.05, 3.63) is 41.3 Å². The van der Waals surface area contributed by atoms with E-state index in [0.717, 1.165) is 11.1 Å². The van der Waals surface area contributed by atoms with Crippen LogP contribution in [-0.2, 0) is 0 Å². The summed E-state index contributed by atoms with van der Waals surface area (Å²) < 4.78 is 5.21. The molecule has 0 fully saturated rings. The number of nitrogens with zero attached hydrogens (tertiary/aromatic N) is 1. The summed E-state index contributed by atoms with van der Waals surface area (Å²) in [5.74, 6) is -0.848. The predicted octanol–water partition coefficient (Wildman–Crippen LogP) is 2.66. The lowest BCUT2D eigenvalue weighted by atomic mass is 10.1. The lowest BCUT2D eigenvalue weighted by Gasteiger charge is -1.96. The zero-order valence-electron chi connectivity index (χ0n) is 9.02. The monoisotopic (exact) mass is 217 g/mol. The van der Waals surface area contributed by atoms with Gasteiger partial charge in [0.1, 0.15) is 0 Å². The molecule has 0 spiro atoms. The molecule has 0 atom stereocenters. The second kappa shape index (κ2) is 3.81. The molecular weight excluding hydrogens is 206 g/mol. The Morgan fingerprint density at radius 2 is 2.12 bits per heavy atom. The van der Waals surface area contributed by atoms with E-state index < -0.39 is 5.97 Å². The number of carbonyl (C=O) groups is 1. The number of oxazole rings is 1. The molecule has 2 rings (SSSR count). The zero-order valence-corrected chi connectivity index (χ0v) is 9.02. The van der Waals surface area contributed by atoms with Crippen LogP contribution in [-0.4, -0.2) is 16.1 Å². The van der Waals surface area contributed by atoms with E-state index in [9.17, 15) is 4.79 Å². The van der Waals surface area contributed by atoms with Crippen LogP contribution in [0.15, 0.2) is 28.7 Å². The van der Waals surface area contributed by atoms with Crippen molar-refractivity contribution in [1.29, 1.82) is 0 Å². The van der Waals surface area contributed by atoms with Crippen molar-refractivity contribution >= 4 is 5.97 Å². The molecule has 1 heterocycles. The third-order valence-corrected chi connectivity index (χ3v) is 2.26. The summed E-state index contributed by atoms with van der Waals surface area (Å²) in [6.45, 7) is 3.57. The Hall–Kier alpha value is -2.10. The van der Waals surface area contributed by atoms with Crippen molar-refractivity contribution in [2.75, 3.05) is 0 Å². The van der Waals surface area contributed by atoms with Crippen LogP contribution < -0.4 is 0 Å². The summed E-state index contributed by atoms with van der Waals surface area (Å²) in [6.07, 6.45) is 0. The van der Waals surface area contributed by atoms with E-state index in [2.05, 4.69) is 4.98 Å². The number of aromatic nitrogens is 1. The van der Waals surface area contributed by atoms with E-state index in [0.29, 0.717) is 11.6 Å². The average Bonchev–Trinajstić information content (AvgIpc) is 2.60. The molecule has 0 radical (unpaired) electrons. The maximum absolute atomic E-state index is 10.8. The number of aryl methyl sites for hydroxylation is 2. The first-order valence-corrected chi connectivity index (χ1v) is 4.85. The smallest absolute Gasteiger partial charge is 0.373 e. The van der Waals surface area contributed by atoms with Crippen LogP contribution in [0.2, 0.25) is 0 Å². The van der Waals surface area contributed by atoms with E-state index >= 15 is 0 Å². The normalized spacial score (nSPS) is 10.4. The molecule has 82 valence electrons. The molecule has 0 amide bonds. The predicted molar refractivity (Wildman–Crippen MR) is 58.4 cm³/mol. The van der Waals surface area contributed by atoms with Crippen LogP contribution in [0.3, 0.4) is 0 Å². The Morgan fingerprint density at radius 3 is 2.69 bits per heavy atom. The van der Waals surface area contributed by atoms with Gasteiger partial charge in [-0.2, -0.15) is 0 Å². The highest BCUT2D eigenvalue weighted by Gasteiger charge is 2.16. The highest BCUT2D eigenvalue weighted by Crippen LogP contribution is 2.22. The molecule has 1 aromatic carbocycles. The van der Waals surface area contributed by atoms with Gasteiger partial charge in [0.25, 0.3) is 0 Å². The summed E-state index contributed by atoms with van der Waals surface area (Å²) >= 11 is 0. The first-order valence-electron chi connectivity index (χ1n) is 4.85. The van der Waals surface area contributed by atoms with Crippen molar-refractivity contribution < 1.29 is 14.3 Å². The minimum absolute atomic E-state index is 0.100. The third-order valence-electron chi connectivity index (χ3n) is 2.26. The standard InChI is InChI=1S/C12H11NO3/c1-7-4-3-5-9(6-7)11-13-8(2)10(16-11)12(14)15/h3-6H,1-2H3,(H,14,15). The fourth-order valence-electron chi connectivity index (χ4n) is 1.50. The van der Waals surface area contributed by atoms with Crippen molar-refractivity contribution in [1.82, 2.24) is 4.98 Å². The molecule has 1 N–H and O–H groups in total. The third kappa shape index (κ3) is 1.82. The van der Waals surface area contributed by atoms with Crippen molar-refractivity contribution in [3.63, 3.8) is 0 Å². The maximum Gasteiger partial charge on any atom is 0.373 e. The Kier molecular flexibility index (Phi) is 2.48. The van der Waals surface area contributed by atoms with Gasteiger partial charge in [-0.3, -0.25) is 0 Å². The molecule has 2 aromatic rings. The highest BCUT2D eigenvalue weighted by molar-refractivity contribution is 5.86. The first-order chi connectivity index (χ1) is 7.58. The summed E-state index contributed by atoms with van der Waals surface area (Å²) in [7, 11) is 0. The first kappa shape index (κ1) is 10.4. The van der Waals surface area contributed by atoms with Gasteiger partial charge in [0, 0.05) is 5.56 Å². The Balaban J connectivity index is 2.49. The van der Waals surface area contributed by atoms with E-state index in [4.69, 9.17) is 9.52 Å². The molecule has 16 heavy (non-hydrogen) atoms. The molecule has 0 aliphatic carbocycles. The second-order valence-electron chi connectivity index (χ2n) is 3.61. The molecule has 0 aliphatic rings. The van der Waals surface area contributed by atoms with Crippen molar-refractivity contribution in [2.24, 2.45) is 0 Å². The molecule has 1 aromatic heterocycles. The summed E-state index contributed by atoms with van der Waals surface area (Å²) in [6, 6.07) is 7.57. The van der Waals surface area contributed by atoms with Crippen LogP contribution >= 0.6 is 0 Å². The molecule has 0 unspecified atom stereocenters. The lowest BCUT2D eigenvalue weighted by molar-refractivity contribution is 0.0662. The number of hydrogen-bond acceptors (Lipinski definition) is 3. The Labute approximate surface area is 92.6 Å². The Bertz CT molecular complexity index is 543. The minimum Gasteiger partial charge on any atom is -0.475 e. The minimum atomic E-state index is -1.09. The van der Waals surface area contributed by atoms with Gasteiger partial charge < -0.3 is 9.52 Å². The van der Waals surface area contributed by atoms with Gasteiger partial charge in [0.2, 0.25) is 11.7 Å². The number of hydrogen-bond donors (Lipinski definition) is 1. The van der Waals surface area contributed by atoms with E-state index in [-0.39, 0.29) is 5.76 Å². The SMILES string of the molecule is Cc1cccc(-c2nc(C)c(C(=O)O)o2)c1. The van der Waals surface area contributed by atoms with Crippen LogP contribution in [0.4, 0.5) is 0 Å². The maximum atomic E-state index is 10.8. The van der Waals surface area contributed by atoms with Crippen LogP contribution in [0, 0.1) is 13.8 Å². The van der Waals surface area contributed by atoms with Crippen molar-refractivity contribution in [3.8, 4) is 11.5 Å². The second-order valence-corrected chi connectivity index (χ2v) is 3.61. The van der Waals surface area contributed by atoms with Gasteiger partial charge in [-0.1, -0.05) is 17.7 Å². The van der Waals surface area contributed by atoms with Gasteiger partial charge >= 0.3 is 5.97 Å². The topological polar surface area (TPSA) is 63.3 Å². The number of rotatable bonds is 2. The molecule has 0 bridgehead atoms. The molecule has 0 saturated carbocycles. The zero-order chi connectivity index (χ0) is 11.7. The van der Waals surface area contributed by atoms with E-state index in [1.165, 1.54) is 0 Å². The number of benzene rings is 1. The van der Waals surface area contributed by atoms with E-state index in [1.54, 1.807) is 6.92 Å². The summed E-state index contributed by atoms with van der Waals surface area (Å²) in [4.78, 5) is 14.9. The molecular formula is C12H11NO3. The largest absolute Gasteiger partial charge is 0.475 e. The van der Waals surface area contributed by atoms with Gasteiger partial charge in [0.05, 0.1) is 5.69 Å². The number of carboxylic acid groups (broad SMARTS) is 1. The van der Waals surface area contributed by atoms with Gasteiger partial charge in [0.15, 0.2) is 0 Å². The summed E-state index contributed by atoms with van der Waals surface area (Å²) in [5, 5.41) is 8.85. The highest BCUT2D eigenvalue weighted by atomic mass is 16.4. The van der Waals surface area contributed by atoms with Gasteiger partial charge in [-0.25, -0.2) is 9.78 Å². The number of carboxylic acids is 1. The number of aromatic carboxylic acids is 1. The van der Waals surface area contributed by atoms with Gasteiger partial charge in [-0.15, -0.1) is 0 Å². The molecule has 4 nitrogen and oxygen atoms in total. The van der Waals surface area contributed by atoms with Crippen LogP contribution in [0.1, 0.15) is 21.8 Å². The quantitative estimate of drug-likeness (QED) is 0.839. The summed E-state index contributed by atoms with van der Waals surface area (Å²) in [5.41, 5.74) is 2.25. The van der Waals surface area contributed by atoms with E-state index in [1.807, 2.05) is 31.2 Å². The van der Waals surface area contributed by atoms with Crippen LogP contribution in [0.5, 0.6) is 0 Å².